The molecule has 1 aliphatic carbocycles. The van der Waals surface area contributed by atoms with Gasteiger partial charge in [0.15, 0.2) is 0 Å². The normalized spacial score (nSPS) is 16.9. The summed E-state index contributed by atoms with van der Waals surface area (Å²) in [6, 6.07) is 10.8. The molecule has 3 aromatic rings. The van der Waals surface area contributed by atoms with Gasteiger partial charge in [0.25, 0.3) is 0 Å². The zero-order valence-corrected chi connectivity index (χ0v) is 20.8. The van der Waals surface area contributed by atoms with E-state index < -0.39 is 23.8 Å². The van der Waals surface area contributed by atoms with Crippen molar-refractivity contribution in [2.75, 3.05) is 6.54 Å². The minimum absolute atomic E-state index is 0.109. The summed E-state index contributed by atoms with van der Waals surface area (Å²) >= 11 is 0. The first-order chi connectivity index (χ1) is 17.2. The summed E-state index contributed by atoms with van der Waals surface area (Å²) < 4.78 is 29.3. The Kier molecular flexibility index (Phi) is 8.16. The summed E-state index contributed by atoms with van der Waals surface area (Å²) in [5, 5.41) is 21.9. The number of rotatable bonds is 9. The minimum atomic E-state index is -0.962. The molecule has 6 nitrogen and oxygen atoms in total. The van der Waals surface area contributed by atoms with Crippen LogP contribution in [0.3, 0.4) is 0 Å². The van der Waals surface area contributed by atoms with Crippen LogP contribution >= 0.6 is 0 Å². The fourth-order valence-electron chi connectivity index (χ4n) is 5.19. The van der Waals surface area contributed by atoms with E-state index in [-0.39, 0.29) is 24.4 Å². The van der Waals surface area contributed by atoms with Gasteiger partial charge in [-0.1, -0.05) is 31.4 Å². The van der Waals surface area contributed by atoms with Crippen LogP contribution < -0.4 is 10.6 Å². The van der Waals surface area contributed by atoms with Crippen molar-refractivity contribution in [1.82, 2.24) is 20.4 Å². The van der Waals surface area contributed by atoms with Gasteiger partial charge in [0.1, 0.15) is 11.6 Å². The lowest BCUT2D eigenvalue weighted by molar-refractivity contribution is -0.120. The highest BCUT2D eigenvalue weighted by molar-refractivity contribution is 5.73. The predicted molar refractivity (Wildman–Crippen MR) is 135 cm³/mol. The first-order valence-corrected chi connectivity index (χ1v) is 12.5. The van der Waals surface area contributed by atoms with Gasteiger partial charge in [0.05, 0.1) is 24.0 Å². The third kappa shape index (κ3) is 6.36. The molecule has 4 rings (SSSR count). The number of benzene rings is 2. The maximum Gasteiger partial charge on any atom is 0.217 e. The third-order valence-electron chi connectivity index (χ3n) is 6.96. The monoisotopic (exact) mass is 496 g/mol. The van der Waals surface area contributed by atoms with E-state index in [9.17, 15) is 18.7 Å². The second-order valence-corrected chi connectivity index (χ2v) is 9.89. The fraction of sp³-hybridized carbons (Fsp3) is 0.429. The molecule has 1 aromatic heterocycles. The minimum Gasteiger partial charge on any atom is -0.390 e. The van der Waals surface area contributed by atoms with Crippen LogP contribution in [0.15, 0.2) is 54.9 Å². The van der Waals surface area contributed by atoms with E-state index in [2.05, 4.69) is 27.9 Å². The summed E-state index contributed by atoms with van der Waals surface area (Å²) in [4.78, 5) is 11.8. The second kappa shape index (κ2) is 11.3. The average Bonchev–Trinajstić information content (AvgIpc) is 3.28. The summed E-state index contributed by atoms with van der Waals surface area (Å²) in [5.74, 6) is -1.69. The van der Waals surface area contributed by atoms with Crippen LogP contribution in [0.25, 0.3) is 5.69 Å². The number of aryl methyl sites for hydroxylation is 1. The summed E-state index contributed by atoms with van der Waals surface area (Å²) in [6.07, 6.45) is 8.07. The summed E-state index contributed by atoms with van der Waals surface area (Å²) in [6.45, 7) is 3.58. The van der Waals surface area contributed by atoms with Gasteiger partial charge in [-0.25, -0.2) is 13.5 Å². The number of aliphatic hydroxyl groups is 1. The predicted octanol–water partition coefficient (Wildman–Crippen LogP) is 4.32. The molecular weight excluding hydrogens is 462 g/mol. The van der Waals surface area contributed by atoms with Crippen molar-refractivity contribution in [3.63, 3.8) is 0 Å². The number of carbonyl (C=O) groups excluding carboxylic acids is 1. The highest BCUT2D eigenvalue weighted by Crippen LogP contribution is 2.38. The topological polar surface area (TPSA) is 79.2 Å². The van der Waals surface area contributed by atoms with Crippen molar-refractivity contribution in [3.8, 4) is 5.69 Å². The molecule has 1 aliphatic rings. The summed E-state index contributed by atoms with van der Waals surface area (Å²) in [7, 11) is 0. The largest absolute Gasteiger partial charge is 0.390 e. The number of aliphatic hydroxyl groups excluding tert-OH is 1. The van der Waals surface area contributed by atoms with E-state index in [1.807, 2.05) is 36.1 Å². The van der Waals surface area contributed by atoms with Crippen molar-refractivity contribution in [1.29, 1.82) is 0 Å². The van der Waals surface area contributed by atoms with Crippen LogP contribution in [-0.4, -0.2) is 39.5 Å². The molecule has 0 aliphatic heterocycles. The van der Waals surface area contributed by atoms with Crippen molar-refractivity contribution >= 4 is 5.91 Å². The van der Waals surface area contributed by atoms with E-state index in [1.54, 1.807) is 0 Å². The van der Waals surface area contributed by atoms with E-state index in [4.69, 9.17) is 0 Å². The zero-order chi connectivity index (χ0) is 25.7. The van der Waals surface area contributed by atoms with Gasteiger partial charge in [-0.3, -0.25) is 4.79 Å². The molecule has 3 N–H and O–H groups in total. The van der Waals surface area contributed by atoms with Gasteiger partial charge in [-0.15, -0.1) is 0 Å². The van der Waals surface area contributed by atoms with Crippen LogP contribution in [-0.2, 0) is 16.8 Å². The van der Waals surface area contributed by atoms with Crippen LogP contribution in [0.4, 0.5) is 8.78 Å². The Bertz CT molecular complexity index is 1170. The molecule has 1 heterocycles. The highest BCUT2D eigenvalue weighted by Gasteiger charge is 2.35. The molecule has 192 valence electrons. The van der Waals surface area contributed by atoms with E-state index >= 15 is 0 Å². The van der Waals surface area contributed by atoms with Gasteiger partial charge >= 0.3 is 0 Å². The van der Waals surface area contributed by atoms with E-state index in [0.29, 0.717) is 5.56 Å². The maximum atomic E-state index is 13.7. The molecule has 1 amide bonds. The molecular formula is C28H34F2N4O2. The Morgan fingerprint density at radius 2 is 1.86 bits per heavy atom. The molecule has 0 saturated heterocycles. The molecule has 36 heavy (non-hydrogen) atoms. The van der Waals surface area contributed by atoms with Crippen molar-refractivity contribution < 1.29 is 18.7 Å². The lowest BCUT2D eigenvalue weighted by atomic mass is 9.76. The third-order valence-corrected chi connectivity index (χ3v) is 6.96. The molecule has 2 aromatic carbocycles. The number of hydrogen-bond donors (Lipinski definition) is 3. The second-order valence-electron chi connectivity index (χ2n) is 9.89. The molecule has 8 heteroatoms. The molecule has 2 unspecified atom stereocenters. The first-order valence-electron chi connectivity index (χ1n) is 12.5. The van der Waals surface area contributed by atoms with Gasteiger partial charge < -0.3 is 15.7 Å². The maximum absolute atomic E-state index is 13.7. The van der Waals surface area contributed by atoms with Crippen molar-refractivity contribution in [3.05, 3.63) is 83.2 Å². The number of hydrogen-bond acceptors (Lipinski definition) is 4. The molecule has 0 spiro atoms. The number of amides is 1. The number of aromatic nitrogens is 2. The molecule has 0 bridgehead atoms. The van der Waals surface area contributed by atoms with Gasteiger partial charge in [0, 0.05) is 31.3 Å². The Morgan fingerprint density at radius 3 is 2.50 bits per heavy atom. The lowest BCUT2D eigenvalue weighted by Crippen LogP contribution is -2.53. The zero-order valence-electron chi connectivity index (χ0n) is 20.8. The van der Waals surface area contributed by atoms with Crippen molar-refractivity contribution in [2.45, 2.75) is 70.1 Å². The molecule has 2 atom stereocenters. The number of nitrogens with one attached hydrogen (secondary N) is 2. The van der Waals surface area contributed by atoms with E-state index in [0.717, 1.165) is 55.0 Å². The van der Waals surface area contributed by atoms with Crippen LogP contribution in [0.5, 0.6) is 0 Å². The van der Waals surface area contributed by atoms with E-state index in [1.165, 1.54) is 19.1 Å². The number of halogens is 2. The van der Waals surface area contributed by atoms with Gasteiger partial charge in [-0.05, 0) is 67.1 Å². The standard InChI is InChI=1S/C28H34F2N4O2/c1-19-16-32-34(18-19)25-8-6-7-22(14-25)28(9-4-3-5-10-28)31-17-27(36)26(33-20(2)35)13-21-11-23(29)15-24(30)12-21/h6-8,11-12,14-16,18,26-27,31,36H,3-5,9-10,13,17H2,1-2H3,(H,33,35). The highest BCUT2D eigenvalue weighted by atomic mass is 19.1. The molecule has 1 fully saturated rings. The Morgan fingerprint density at radius 1 is 1.14 bits per heavy atom. The first kappa shape index (κ1) is 26.0. The van der Waals surface area contributed by atoms with Crippen LogP contribution in [0.1, 0.15) is 55.7 Å². The summed E-state index contributed by atoms with van der Waals surface area (Å²) in [5.41, 5.74) is 3.22. The van der Waals surface area contributed by atoms with Gasteiger partial charge in [-0.2, -0.15) is 5.10 Å². The smallest absolute Gasteiger partial charge is 0.217 e. The van der Waals surface area contributed by atoms with Crippen molar-refractivity contribution in [2.24, 2.45) is 0 Å². The molecule has 1 saturated carbocycles. The fourth-order valence-corrected chi connectivity index (χ4v) is 5.19. The lowest BCUT2D eigenvalue weighted by Gasteiger charge is -2.40. The van der Waals surface area contributed by atoms with Crippen LogP contribution in [0.2, 0.25) is 0 Å². The quantitative estimate of drug-likeness (QED) is 0.412. The number of nitrogens with zero attached hydrogens (tertiary/aromatic N) is 2. The Labute approximate surface area is 210 Å². The Hall–Kier alpha value is -3.10. The van der Waals surface area contributed by atoms with Gasteiger partial charge in [0.2, 0.25) is 5.91 Å². The Balaban J connectivity index is 1.54. The van der Waals surface area contributed by atoms with Crippen LogP contribution in [0, 0.1) is 18.6 Å². The average molecular weight is 497 g/mol. The SMILES string of the molecule is CC(=O)NC(Cc1cc(F)cc(F)c1)C(O)CNC1(c2cccc(-n3cc(C)cn3)c2)CCCCC1. The molecule has 0 radical (unpaired) electrons. The number of carbonyl (C=O) groups is 1.